The van der Waals surface area contributed by atoms with E-state index in [1.807, 2.05) is 41.3 Å². The number of benzene rings is 2. The number of nitrogens with one attached hydrogen (secondary N) is 1. The summed E-state index contributed by atoms with van der Waals surface area (Å²) in [6.45, 7) is 9.99. The Hall–Kier alpha value is -1.99. The van der Waals surface area contributed by atoms with E-state index in [0.29, 0.717) is 23.1 Å². The fourth-order valence-corrected chi connectivity index (χ4v) is 6.90. The molecule has 184 valence electrons. The first-order valence-electron chi connectivity index (χ1n) is 12.1. The number of allylic oxidation sites excluding steroid dienone is 1. The van der Waals surface area contributed by atoms with Gasteiger partial charge in [0.25, 0.3) is 5.91 Å². The summed E-state index contributed by atoms with van der Waals surface area (Å²) in [6, 6.07) is 16.2. The van der Waals surface area contributed by atoms with Crippen molar-refractivity contribution in [2.45, 2.75) is 51.9 Å². The van der Waals surface area contributed by atoms with Crippen LogP contribution in [-0.2, 0) is 4.79 Å². The quantitative estimate of drug-likeness (QED) is 0.507. The third kappa shape index (κ3) is 4.74. The number of amides is 1. The predicted octanol–water partition coefficient (Wildman–Crippen LogP) is 6.27. The Bertz CT molecular complexity index is 1170. The second kappa shape index (κ2) is 9.81. The van der Waals surface area contributed by atoms with E-state index in [2.05, 4.69) is 50.0 Å². The van der Waals surface area contributed by atoms with Gasteiger partial charge in [-0.2, -0.15) is 0 Å². The molecule has 8 heteroatoms. The summed E-state index contributed by atoms with van der Waals surface area (Å²) in [5.74, 6) is 0.263. The van der Waals surface area contributed by atoms with Crippen LogP contribution in [0.1, 0.15) is 50.9 Å². The molecule has 1 N–H and O–H groups in total. The van der Waals surface area contributed by atoms with Gasteiger partial charge in [0.1, 0.15) is 10.9 Å². The molecule has 3 heterocycles. The number of hydrogen-bond donors (Lipinski definition) is 1. The van der Waals surface area contributed by atoms with Crippen molar-refractivity contribution < 1.29 is 4.79 Å². The van der Waals surface area contributed by atoms with Crippen molar-refractivity contribution in [2.75, 3.05) is 13.1 Å². The molecule has 5 nitrogen and oxygen atoms in total. The van der Waals surface area contributed by atoms with Crippen molar-refractivity contribution in [3.8, 4) is 0 Å². The normalized spacial score (nSPS) is 26.4. The molecule has 1 amide bonds. The molecule has 0 aliphatic carbocycles. The molecule has 1 saturated heterocycles. The number of fused-ring (bicyclic) bond motifs is 1. The predicted molar refractivity (Wildman–Crippen MR) is 146 cm³/mol. The molecular weight excluding hydrogens is 499 g/mol. The first-order valence-corrected chi connectivity index (χ1v) is 13.7. The topological polar surface area (TPSA) is 47.9 Å². The van der Waals surface area contributed by atoms with Crippen molar-refractivity contribution in [1.82, 2.24) is 15.1 Å². The number of halogens is 2. The summed E-state index contributed by atoms with van der Waals surface area (Å²) >= 11 is 13.9. The lowest BCUT2D eigenvalue weighted by Crippen LogP contribution is -2.56. The number of amidine groups is 1. The molecule has 3 aliphatic rings. The molecule has 0 unspecified atom stereocenters. The average Bonchev–Trinajstić information content (AvgIpc) is 3.35. The zero-order valence-electron chi connectivity index (χ0n) is 20.3. The Morgan fingerprint density at radius 1 is 0.971 bits per heavy atom. The monoisotopic (exact) mass is 528 g/mol. The van der Waals surface area contributed by atoms with E-state index in [4.69, 9.17) is 28.2 Å². The van der Waals surface area contributed by atoms with Crippen LogP contribution in [-0.4, -0.2) is 46.0 Å². The Morgan fingerprint density at radius 3 is 2.06 bits per heavy atom. The second-order valence-electron chi connectivity index (χ2n) is 9.92. The van der Waals surface area contributed by atoms with Crippen LogP contribution in [0.5, 0.6) is 0 Å². The van der Waals surface area contributed by atoms with Crippen molar-refractivity contribution in [2.24, 2.45) is 10.9 Å². The van der Waals surface area contributed by atoms with Gasteiger partial charge in [0.15, 0.2) is 5.17 Å². The molecule has 1 fully saturated rings. The van der Waals surface area contributed by atoms with Crippen molar-refractivity contribution in [1.29, 1.82) is 0 Å². The molecule has 0 bridgehead atoms. The van der Waals surface area contributed by atoms with Gasteiger partial charge in [-0.05, 0) is 66.9 Å². The summed E-state index contributed by atoms with van der Waals surface area (Å²) in [7, 11) is 0. The highest BCUT2D eigenvalue weighted by Gasteiger charge is 2.47. The molecule has 0 radical (unpaired) electrons. The Labute approximate surface area is 221 Å². The number of nitrogens with zero attached hydrogens (tertiary/aromatic N) is 3. The average molecular weight is 530 g/mol. The summed E-state index contributed by atoms with van der Waals surface area (Å²) in [5.41, 5.74) is 3.26. The molecule has 5 rings (SSSR count). The van der Waals surface area contributed by atoms with Gasteiger partial charge in [0.2, 0.25) is 0 Å². The molecule has 2 aromatic carbocycles. The van der Waals surface area contributed by atoms with Crippen LogP contribution in [0.3, 0.4) is 0 Å². The fraction of sp³-hybridized carbons (Fsp3) is 0.407. The van der Waals surface area contributed by atoms with Crippen LogP contribution in [0.2, 0.25) is 10.0 Å². The standard InChI is InChI=1S/C27H30Cl2N4OS/c1-15(2)23-25(26(34)32-13-16(3)30-17(4)14-32)35-27-31-22(18-5-9-20(28)10-6-18)24(33(23)27)19-7-11-21(29)12-8-19/h5-12,15-17,22,24,30H,13-14H2,1-4H3/t16-,17+,22-,24+/m0/s1. The SMILES string of the molecule is CC(C)C1=C(C(=O)N2C[C@@H](C)N[C@@H](C)C2)SC2=N[C@@H](c3ccc(Cl)cc3)[C@@H](c3ccc(Cl)cc3)N21. The highest BCUT2D eigenvalue weighted by Crippen LogP contribution is 2.53. The van der Waals surface area contributed by atoms with Gasteiger partial charge in [-0.1, -0.05) is 61.3 Å². The largest absolute Gasteiger partial charge is 0.335 e. The maximum atomic E-state index is 13.8. The van der Waals surface area contributed by atoms with Gasteiger partial charge in [-0.25, -0.2) is 0 Å². The molecule has 35 heavy (non-hydrogen) atoms. The maximum Gasteiger partial charge on any atom is 0.262 e. The molecule has 0 saturated carbocycles. The third-order valence-corrected chi connectivity index (χ3v) is 8.30. The lowest BCUT2D eigenvalue weighted by atomic mass is 9.92. The number of carbonyl (C=O) groups is 1. The lowest BCUT2D eigenvalue weighted by Gasteiger charge is -2.36. The van der Waals surface area contributed by atoms with E-state index in [9.17, 15) is 4.79 Å². The molecule has 2 aromatic rings. The Morgan fingerprint density at radius 2 is 1.51 bits per heavy atom. The third-order valence-electron chi connectivity index (χ3n) is 6.73. The van der Waals surface area contributed by atoms with Gasteiger partial charge in [-0.15, -0.1) is 0 Å². The highest BCUT2D eigenvalue weighted by atomic mass is 35.5. The van der Waals surface area contributed by atoms with Crippen molar-refractivity contribution in [3.05, 3.63) is 80.3 Å². The minimum absolute atomic E-state index is 0.0699. The molecule has 3 aliphatic heterocycles. The minimum atomic E-state index is -0.111. The number of rotatable bonds is 4. The van der Waals surface area contributed by atoms with Crippen LogP contribution >= 0.6 is 35.0 Å². The van der Waals surface area contributed by atoms with Crippen LogP contribution in [0.25, 0.3) is 0 Å². The van der Waals surface area contributed by atoms with Gasteiger partial charge >= 0.3 is 0 Å². The van der Waals surface area contributed by atoms with Crippen LogP contribution in [0.4, 0.5) is 0 Å². The number of hydrogen-bond acceptors (Lipinski definition) is 5. The van der Waals surface area contributed by atoms with Crippen LogP contribution in [0, 0.1) is 5.92 Å². The second-order valence-corrected chi connectivity index (χ2v) is 11.8. The minimum Gasteiger partial charge on any atom is -0.335 e. The van der Waals surface area contributed by atoms with Crippen LogP contribution in [0.15, 0.2) is 64.1 Å². The molecular formula is C27H30Cl2N4OS. The smallest absolute Gasteiger partial charge is 0.262 e. The van der Waals surface area contributed by atoms with E-state index >= 15 is 0 Å². The van der Waals surface area contributed by atoms with E-state index in [1.165, 1.54) is 11.8 Å². The Balaban J connectivity index is 1.57. The molecule has 4 atom stereocenters. The summed E-state index contributed by atoms with van der Waals surface area (Å²) < 4.78 is 0. The number of piperazine rings is 1. The zero-order valence-corrected chi connectivity index (χ0v) is 22.7. The number of thioether (sulfide) groups is 1. The van der Waals surface area contributed by atoms with Crippen molar-refractivity contribution >= 4 is 46.0 Å². The summed E-state index contributed by atoms with van der Waals surface area (Å²) in [6.07, 6.45) is 0. The van der Waals surface area contributed by atoms with E-state index in [0.717, 1.165) is 26.9 Å². The van der Waals surface area contributed by atoms with Gasteiger partial charge < -0.3 is 15.1 Å². The van der Waals surface area contributed by atoms with E-state index < -0.39 is 0 Å². The maximum absolute atomic E-state index is 13.8. The number of aliphatic imine (C=N–C) groups is 1. The van der Waals surface area contributed by atoms with Crippen molar-refractivity contribution in [3.63, 3.8) is 0 Å². The zero-order chi connectivity index (χ0) is 24.9. The van der Waals surface area contributed by atoms with Gasteiger partial charge in [0.05, 0.1) is 6.04 Å². The Kier molecular flexibility index (Phi) is 6.92. The van der Waals surface area contributed by atoms with Gasteiger partial charge in [0, 0.05) is 40.9 Å². The molecule has 0 aromatic heterocycles. The van der Waals surface area contributed by atoms with E-state index in [1.54, 1.807) is 0 Å². The summed E-state index contributed by atoms with van der Waals surface area (Å²) in [4.78, 5) is 24.1. The lowest BCUT2D eigenvalue weighted by molar-refractivity contribution is -0.128. The highest BCUT2D eigenvalue weighted by molar-refractivity contribution is 8.18. The first kappa shape index (κ1) is 24.7. The molecule has 0 spiro atoms. The van der Waals surface area contributed by atoms with Gasteiger partial charge in [-0.3, -0.25) is 9.79 Å². The summed E-state index contributed by atoms with van der Waals surface area (Å²) in [5, 5.41) is 5.80. The number of carbonyl (C=O) groups excluding carboxylic acids is 1. The van der Waals surface area contributed by atoms with Crippen LogP contribution < -0.4 is 5.32 Å². The van der Waals surface area contributed by atoms with E-state index in [-0.39, 0.29) is 36.0 Å². The first-order chi connectivity index (χ1) is 16.7. The fourth-order valence-electron chi connectivity index (χ4n) is 5.33.